The number of hydrogen-bond acceptors (Lipinski definition) is 4. The van der Waals surface area contributed by atoms with Gasteiger partial charge in [0, 0.05) is 11.3 Å². The van der Waals surface area contributed by atoms with Gasteiger partial charge in [-0.25, -0.2) is 0 Å². The van der Waals surface area contributed by atoms with Crippen molar-refractivity contribution in [1.82, 2.24) is 5.32 Å². The number of aliphatic imine (C=N–C) groups is 1. The minimum absolute atomic E-state index is 0.211. The van der Waals surface area contributed by atoms with Crippen LogP contribution in [0.15, 0.2) is 45.8 Å². The van der Waals surface area contributed by atoms with Crippen LogP contribution in [-0.2, 0) is 0 Å². The molecular formula is C17H20N2OS. The molecule has 0 bridgehead atoms. The lowest BCUT2D eigenvalue weighted by molar-refractivity contribution is 0.497. The lowest BCUT2D eigenvalue weighted by atomic mass is 10.1. The molecule has 0 radical (unpaired) electrons. The quantitative estimate of drug-likeness (QED) is 0.913. The highest BCUT2D eigenvalue weighted by atomic mass is 32.2. The van der Waals surface area contributed by atoms with Gasteiger partial charge >= 0.3 is 0 Å². The molecule has 4 heteroatoms. The number of thioether (sulfide) groups is 1. The summed E-state index contributed by atoms with van der Waals surface area (Å²) in [5, 5.41) is 4.52. The van der Waals surface area contributed by atoms with Crippen LogP contribution in [0.3, 0.4) is 0 Å². The molecule has 21 heavy (non-hydrogen) atoms. The normalized spacial score (nSPS) is 19.4. The molecule has 2 unspecified atom stereocenters. The van der Waals surface area contributed by atoms with Crippen molar-refractivity contribution in [3.8, 4) is 0 Å². The van der Waals surface area contributed by atoms with E-state index >= 15 is 0 Å². The molecule has 2 aromatic rings. The number of nitrogens with one attached hydrogen (secondary N) is 1. The van der Waals surface area contributed by atoms with Gasteiger partial charge in [-0.15, -0.1) is 0 Å². The second-order valence-electron chi connectivity index (χ2n) is 5.41. The molecule has 0 amide bonds. The molecule has 0 saturated carbocycles. The minimum atomic E-state index is 0.211. The molecule has 0 saturated heterocycles. The van der Waals surface area contributed by atoms with Gasteiger partial charge < -0.3 is 9.73 Å². The van der Waals surface area contributed by atoms with Crippen LogP contribution in [0.5, 0.6) is 0 Å². The minimum Gasteiger partial charge on any atom is -0.466 e. The van der Waals surface area contributed by atoms with Gasteiger partial charge in [0.05, 0.1) is 12.1 Å². The van der Waals surface area contributed by atoms with E-state index < -0.39 is 0 Å². The second-order valence-corrected chi connectivity index (χ2v) is 6.42. The van der Waals surface area contributed by atoms with Crippen molar-refractivity contribution >= 4 is 16.9 Å². The molecule has 0 aliphatic carbocycles. The Morgan fingerprint density at radius 1 is 1.29 bits per heavy atom. The molecule has 110 valence electrons. The summed E-state index contributed by atoms with van der Waals surface area (Å²) in [7, 11) is 0. The Balaban J connectivity index is 1.70. The smallest absolute Gasteiger partial charge is 0.157 e. The summed E-state index contributed by atoms with van der Waals surface area (Å²) in [6.45, 7) is 6.14. The first kappa shape index (κ1) is 14.3. The molecule has 2 atom stereocenters. The zero-order valence-corrected chi connectivity index (χ0v) is 13.4. The van der Waals surface area contributed by atoms with Crippen molar-refractivity contribution < 1.29 is 4.42 Å². The Morgan fingerprint density at radius 2 is 2.05 bits per heavy atom. The highest BCUT2D eigenvalue weighted by Gasteiger charge is 2.22. The first-order chi connectivity index (χ1) is 10.1. The maximum atomic E-state index is 5.60. The summed E-state index contributed by atoms with van der Waals surface area (Å²) in [4.78, 5) is 4.80. The number of hydrogen-bond donors (Lipinski definition) is 1. The lowest BCUT2D eigenvalue weighted by Gasteiger charge is -2.13. The topological polar surface area (TPSA) is 37.5 Å². The van der Waals surface area contributed by atoms with Gasteiger partial charge in [0.15, 0.2) is 5.17 Å². The van der Waals surface area contributed by atoms with Crippen LogP contribution in [-0.4, -0.2) is 10.9 Å². The van der Waals surface area contributed by atoms with Crippen LogP contribution in [0.4, 0.5) is 0 Å². The lowest BCUT2D eigenvalue weighted by Crippen LogP contribution is -2.23. The third kappa shape index (κ3) is 3.16. The molecule has 0 spiro atoms. The maximum Gasteiger partial charge on any atom is 0.157 e. The molecule has 1 aromatic carbocycles. The Bertz CT molecular complexity index is 648. The fraction of sp³-hybridized carbons (Fsp3) is 0.353. The van der Waals surface area contributed by atoms with Gasteiger partial charge in [-0.3, -0.25) is 4.99 Å². The molecule has 1 aliphatic rings. The molecule has 1 aromatic heterocycles. The SMILES string of the molecule is Cc1cc(C(C)NC2=NC(c3ccccc3)CS2)c(C)o1. The first-order valence-electron chi connectivity index (χ1n) is 7.22. The highest BCUT2D eigenvalue weighted by Crippen LogP contribution is 2.31. The number of amidine groups is 1. The van der Waals surface area contributed by atoms with Crippen LogP contribution in [0, 0.1) is 13.8 Å². The maximum absolute atomic E-state index is 5.60. The van der Waals surface area contributed by atoms with E-state index in [1.54, 1.807) is 11.8 Å². The Labute approximate surface area is 129 Å². The van der Waals surface area contributed by atoms with E-state index in [0.717, 1.165) is 22.4 Å². The Kier molecular flexibility index (Phi) is 4.06. The van der Waals surface area contributed by atoms with Gasteiger partial charge in [0.25, 0.3) is 0 Å². The van der Waals surface area contributed by atoms with Crippen molar-refractivity contribution in [1.29, 1.82) is 0 Å². The monoisotopic (exact) mass is 300 g/mol. The van der Waals surface area contributed by atoms with E-state index in [1.165, 1.54) is 11.1 Å². The molecule has 3 nitrogen and oxygen atoms in total. The number of furan rings is 1. The number of aryl methyl sites for hydroxylation is 2. The van der Waals surface area contributed by atoms with E-state index in [2.05, 4.69) is 42.6 Å². The average molecular weight is 300 g/mol. The van der Waals surface area contributed by atoms with Crippen LogP contribution < -0.4 is 5.32 Å². The zero-order valence-electron chi connectivity index (χ0n) is 12.6. The van der Waals surface area contributed by atoms with E-state index in [1.807, 2.05) is 19.9 Å². The first-order valence-corrected chi connectivity index (χ1v) is 8.21. The highest BCUT2D eigenvalue weighted by molar-refractivity contribution is 8.14. The van der Waals surface area contributed by atoms with Crippen molar-refractivity contribution in [3.63, 3.8) is 0 Å². The number of benzene rings is 1. The molecule has 1 N–H and O–H groups in total. The van der Waals surface area contributed by atoms with Crippen molar-refractivity contribution in [2.45, 2.75) is 32.9 Å². The molecule has 3 rings (SSSR count). The van der Waals surface area contributed by atoms with Gasteiger partial charge in [-0.05, 0) is 32.4 Å². The summed E-state index contributed by atoms with van der Waals surface area (Å²) < 4.78 is 5.60. The molecule has 2 heterocycles. The summed E-state index contributed by atoms with van der Waals surface area (Å²) in [6.07, 6.45) is 0. The van der Waals surface area contributed by atoms with Gasteiger partial charge in [0.1, 0.15) is 11.5 Å². The average Bonchev–Trinajstić information content (AvgIpc) is 3.06. The Hall–Kier alpha value is -1.68. The summed E-state index contributed by atoms with van der Waals surface area (Å²) in [6, 6.07) is 13.0. The molecule has 0 fully saturated rings. The van der Waals surface area contributed by atoms with E-state index in [0.29, 0.717) is 0 Å². The standard InChI is InChI=1S/C17H20N2OS/c1-11-9-15(13(3)20-11)12(2)18-17-19-16(10-21-17)14-7-5-4-6-8-14/h4-9,12,16H,10H2,1-3H3,(H,18,19). The second kappa shape index (κ2) is 5.98. The van der Waals surface area contributed by atoms with Gasteiger partial charge in [0.2, 0.25) is 0 Å². The van der Waals surface area contributed by atoms with Gasteiger partial charge in [-0.2, -0.15) is 0 Å². The van der Waals surface area contributed by atoms with E-state index in [-0.39, 0.29) is 12.1 Å². The fourth-order valence-electron chi connectivity index (χ4n) is 2.64. The number of nitrogens with zero attached hydrogens (tertiary/aromatic N) is 1. The predicted octanol–water partition coefficient (Wildman–Crippen LogP) is 4.39. The third-order valence-electron chi connectivity index (χ3n) is 3.72. The number of rotatable bonds is 3. The predicted molar refractivity (Wildman–Crippen MR) is 88.8 cm³/mol. The molecular weight excluding hydrogens is 280 g/mol. The summed E-state index contributed by atoms with van der Waals surface area (Å²) >= 11 is 1.79. The fourth-order valence-corrected chi connectivity index (χ4v) is 3.69. The van der Waals surface area contributed by atoms with Crippen molar-refractivity contribution in [2.24, 2.45) is 4.99 Å². The largest absolute Gasteiger partial charge is 0.466 e. The third-order valence-corrected chi connectivity index (χ3v) is 4.70. The molecule has 1 aliphatic heterocycles. The van der Waals surface area contributed by atoms with Crippen LogP contribution >= 0.6 is 11.8 Å². The summed E-state index contributed by atoms with van der Waals surface area (Å²) in [5.74, 6) is 2.94. The van der Waals surface area contributed by atoms with Crippen LogP contribution in [0.2, 0.25) is 0 Å². The summed E-state index contributed by atoms with van der Waals surface area (Å²) in [5.41, 5.74) is 2.49. The van der Waals surface area contributed by atoms with Crippen LogP contribution in [0.1, 0.15) is 41.7 Å². The van der Waals surface area contributed by atoms with Crippen molar-refractivity contribution in [2.75, 3.05) is 5.75 Å². The Morgan fingerprint density at radius 3 is 2.71 bits per heavy atom. The van der Waals surface area contributed by atoms with E-state index in [4.69, 9.17) is 9.41 Å². The van der Waals surface area contributed by atoms with Crippen molar-refractivity contribution in [3.05, 3.63) is 59.0 Å². The zero-order chi connectivity index (χ0) is 14.8. The van der Waals surface area contributed by atoms with E-state index in [9.17, 15) is 0 Å². The van der Waals surface area contributed by atoms with Gasteiger partial charge in [-0.1, -0.05) is 42.1 Å². The van der Waals surface area contributed by atoms with Crippen LogP contribution in [0.25, 0.3) is 0 Å².